The third kappa shape index (κ3) is 2.23. The van der Waals surface area contributed by atoms with Crippen LogP contribution in [0.1, 0.15) is 16.7 Å². The van der Waals surface area contributed by atoms with Gasteiger partial charge in [-0.15, -0.1) is 0 Å². The molecule has 0 fully saturated rings. The predicted molar refractivity (Wildman–Crippen MR) is 104 cm³/mol. The standard InChI is InChI=1S/C23H16N2/c1-2-8-16(9-3-1)23(19-14-24-21-12-6-4-10-17(19)21)20-15-25-22-13-7-5-11-18(20)22/h1-15,24H/p+1/b23-20+. The molecule has 5 rings (SSSR count). The van der Waals surface area contributed by atoms with Crippen molar-refractivity contribution in [3.05, 3.63) is 102 Å². The summed E-state index contributed by atoms with van der Waals surface area (Å²) in [6.07, 6.45) is 4.24. The fourth-order valence-electron chi connectivity index (χ4n) is 3.62. The van der Waals surface area contributed by atoms with E-state index in [1.54, 1.807) is 0 Å². The molecule has 3 aromatic carbocycles. The zero-order chi connectivity index (χ0) is 16.6. The normalized spacial score (nSPS) is 14.7. The van der Waals surface area contributed by atoms with E-state index in [0.29, 0.717) is 0 Å². The van der Waals surface area contributed by atoms with Gasteiger partial charge in [-0.05, 0) is 17.7 Å². The maximum atomic E-state index is 3.42. The lowest BCUT2D eigenvalue weighted by atomic mass is 9.90. The van der Waals surface area contributed by atoms with Gasteiger partial charge >= 0.3 is 0 Å². The molecule has 0 saturated carbocycles. The van der Waals surface area contributed by atoms with Crippen molar-refractivity contribution >= 4 is 34.0 Å². The van der Waals surface area contributed by atoms with Crippen molar-refractivity contribution in [2.45, 2.75) is 0 Å². The summed E-state index contributed by atoms with van der Waals surface area (Å²) in [7, 11) is 0. The molecule has 0 unspecified atom stereocenters. The molecule has 0 aliphatic carbocycles. The van der Waals surface area contributed by atoms with Crippen molar-refractivity contribution in [3.63, 3.8) is 0 Å². The summed E-state index contributed by atoms with van der Waals surface area (Å²) < 4.78 is 0. The number of fused-ring (bicyclic) bond motifs is 2. The van der Waals surface area contributed by atoms with Gasteiger partial charge in [0, 0.05) is 34.3 Å². The molecule has 0 bridgehead atoms. The highest BCUT2D eigenvalue weighted by molar-refractivity contribution is 6.24. The first kappa shape index (κ1) is 14.0. The van der Waals surface area contributed by atoms with Crippen LogP contribution < -0.4 is 4.99 Å². The lowest BCUT2D eigenvalue weighted by Gasteiger charge is -2.10. The number of H-pyrrole nitrogens is 1. The molecule has 2 heterocycles. The molecule has 0 amide bonds. The van der Waals surface area contributed by atoms with E-state index >= 15 is 0 Å². The molecule has 118 valence electrons. The van der Waals surface area contributed by atoms with Gasteiger partial charge in [0.1, 0.15) is 0 Å². The molecule has 4 aromatic rings. The SMILES string of the molecule is C1=[NH+]c2ccccc2/C1=C(\c1ccccc1)c1c[nH]c2ccccc12. The van der Waals surface area contributed by atoms with Gasteiger partial charge in [-0.25, -0.2) is 4.99 Å². The van der Waals surface area contributed by atoms with Gasteiger partial charge < -0.3 is 4.98 Å². The fraction of sp³-hybridized carbons (Fsp3) is 0. The highest BCUT2D eigenvalue weighted by atomic mass is 14.8. The quantitative estimate of drug-likeness (QED) is 0.560. The minimum atomic E-state index is 1.16. The van der Waals surface area contributed by atoms with E-state index in [4.69, 9.17) is 0 Å². The molecule has 25 heavy (non-hydrogen) atoms. The predicted octanol–water partition coefficient (Wildman–Crippen LogP) is 3.92. The summed E-state index contributed by atoms with van der Waals surface area (Å²) in [6.45, 7) is 0. The summed E-state index contributed by atoms with van der Waals surface area (Å²) in [5.74, 6) is 0. The van der Waals surface area contributed by atoms with Crippen LogP contribution in [0, 0.1) is 0 Å². The largest absolute Gasteiger partial charge is 0.361 e. The average Bonchev–Trinajstić information content (AvgIpc) is 3.29. The Morgan fingerprint density at radius 3 is 2.44 bits per heavy atom. The van der Waals surface area contributed by atoms with E-state index in [1.807, 2.05) is 0 Å². The molecule has 1 aliphatic heterocycles. The van der Waals surface area contributed by atoms with E-state index < -0.39 is 0 Å². The van der Waals surface area contributed by atoms with Crippen LogP contribution in [0.2, 0.25) is 0 Å². The third-order valence-electron chi connectivity index (χ3n) is 4.78. The number of aromatic nitrogens is 1. The molecule has 0 spiro atoms. The highest BCUT2D eigenvalue weighted by Crippen LogP contribution is 2.37. The number of nitrogens with one attached hydrogen (secondary N) is 2. The Morgan fingerprint density at radius 1 is 0.760 bits per heavy atom. The zero-order valence-corrected chi connectivity index (χ0v) is 13.7. The first-order valence-electron chi connectivity index (χ1n) is 8.47. The van der Waals surface area contributed by atoms with Crippen LogP contribution in [-0.2, 0) is 0 Å². The van der Waals surface area contributed by atoms with Gasteiger partial charge in [0.05, 0.1) is 11.1 Å². The maximum Gasteiger partial charge on any atom is 0.211 e. The maximum absolute atomic E-state index is 3.42. The molecule has 2 nitrogen and oxygen atoms in total. The van der Waals surface area contributed by atoms with Crippen molar-refractivity contribution in [1.29, 1.82) is 0 Å². The van der Waals surface area contributed by atoms with E-state index in [0.717, 1.165) is 11.2 Å². The van der Waals surface area contributed by atoms with Crippen LogP contribution in [0.25, 0.3) is 22.0 Å². The first-order valence-corrected chi connectivity index (χ1v) is 8.47. The van der Waals surface area contributed by atoms with E-state index in [2.05, 4.69) is 101 Å². The Morgan fingerprint density at radius 2 is 1.52 bits per heavy atom. The van der Waals surface area contributed by atoms with Crippen LogP contribution in [-0.4, -0.2) is 11.2 Å². The highest BCUT2D eigenvalue weighted by Gasteiger charge is 2.24. The molecule has 0 saturated heterocycles. The Hall–Kier alpha value is -3.39. The van der Waals surface area contributed by atoms with E-state index in [1.165, 1.54) is 33.2 Å². The molecular weight excluding hydrogens is 304 g/mol. The number of aromatic amines is 1. The second kappa shape index (κ2) is 5.60. The molecule has 1 aromatic heterocycles. The number of para-hydroxylation sites is 2. The summed E-state index contributed by atoms with van der Waals surface area (Å²) in [6, 6.07) is 27.5. The summed E-state index contributed by atoms with van der Waals surface area (Å²) in [4.78, 5) is 6.83. The number of rotatable bonds is 2. The Balaban J connectivity index is 1.86. The van der Waals surface area contributed by atoms with E-state index in [9.17, 15) is 0 Å². The molecule has 1 aliphatic rings. The van der Waals surface area contributed by atoms with Crippen LogP contribution >= 0.6 is 0 Å². The summed E-state index contributed by atoms with van der Waals surface area (Å²) in [5.41, 5.74) is 8.48. The number of benzene rings is 3. The molecule has 2 heteroatoms. The fourth-order valence-corrected chi connectivity index (χ4v) is 3.62. The molecule has 0 radical (unpaired) electrons. The number of hydrogen-bond acceptors (Lipinski definition) is 0. The van der Waals surface area contributed by atoms with Crippen molar-refractivity contribution in [3.8, 4) is 0 Å². The van der Waals surface area contributed by atoms with Gasteiger partial charge in [0.2, 0.25) is 5.69 Å². The van der Waals surface area contributed by atoms with Crippen molar-refractivity contribution in [2.24, 2.45) is 0 Å². The number of hydrogen-bond donors (Lipinski definition) is 2. The third-order valence-corrected chi connectivity index (χ3v) is 4.78. The van der Waals surface area contributed by atoms with Crippen molar-refractivity contribution < 1.29 is 4.99 Å². The van der Waals surface area contributed by atoms with Gasteiger partial charge in [0.25, 0.3) is 0 Å². The number of allylic oxidation sites excluding steroid dienone is 1. The van der Waals surface area contributed by atoms with Crippen LogP contribution in [0.3, 0.4) is 0 Å². The smallest absolute Gasteiger partial charge is 0.211 e. The first-order chi connectivity index (χ1) is 12.4. The van der Waals surface area contributed by atoms with E-state index in [-0.39, 0.29) is 0 Å². The van der Waals surface area contributed by atoms with Crippen molar-refractivity contribution in [2.75, 3.05) is 0 Å². The Labute approximate surface area is 146 Å². The van der Waals surface area contributed by atoms with Gasteiger partial charge in [-0.3, -0.25) is 0 Å². The second-order valence-corrected chi connectivity index (χ2v) is 6.24. The molecule has 0 atom stereocenters. The van der Waals surface area contributed by atoms with Gasteiger partial charge in [-0.1, -0.05) is 60.7 Å². The lowest BCUT2D eigenvalue weighted by molar-refractivity contribution is -0.342. The monoisotopic (exact) mass is 321 g/mol. The Bertz CT molecular complexity index is 1130. The van der Waals surface area contributed by atoms with Crippen LogP contribution in [0.15, 0.2) is 85.1 Å². The zero-order valence-electron chi connectivity index (χ0n) is 13.7. The minimum absolute atomic E-state index is 1.16. The molecular formula is C23H17N2+. The van der Waals surface area contributed by atoms with Crippen LogP contribution in [0.4, 0.5) is 5.69 Å². The lowest BCUT2D eigenvalue weighted by Crippen LogP contribution is -2.58. The topological polar surface area (TPSA) is 29.8 Å². The summed E-state index contributed by atoms with van der Waals surface area (Å²) >= 11 is 0. The van der Waals surface area contributed by atoms with Gasteiger partial charge in [-0.2, -0.15) is 0 Å². The summed E-state index contributed by atoms with van der Waals surface area (Å²) in [5, 5.41) is 1.24. The average molecular weight is 321 g/mol. The molecule has 2 N–H and O–H groups in total. The second-order valence-electron chi connectivity index (χ2n) is 6.24. The van der Waals surface area contributed by atoms with Gasteiger partial charge in [0.15, 0.2) is 6.21 Å². The minimum Gasteiger partial charge on any atom is -0.361 e. The Kier molecular flexibility index (Phi) is 3.14. The van der Waals surface area contributed by atoms with Crippen molar-refractivity contribution in [1.82, 2.24) is 4.98 Å². The van der Waals surface area contributed by atoms with Crippen LogP contribution in [0.5, 0.6) is 0 Å².